The summed E-state index contributed by atoms with van der Waals surface area (Å²) >= 11 is 3.50. The molecule has 20 heavy (non-hydrogen) atoms. The third-order valence-corrected chi connectivity index (χ3v) is 3.63. The van der Waals surface area contributed by atoms with E-state index in [0.29, 0.717) is 6.42 Å². The van der Waals surface area contributed by atoms with Crippen LogP contribution in [-0.2, 0) is 11.2 Å². The molecule has 0 fully saturated rings. The highest BCUT2D eigenvalue weighted by molar-refractivity contribution is 9.10. The minimum absolute atomic E-state index is 0.206. The predicted octanol–water partition coefficient (Wildman–Crippen LogP) is 3.14. The number of benzene rings is 1. The summed E-state index contributed by atoms with van der Waals surface area (Å²) in [5.41, 5.74) is 2.99. The molecule has 1 N–H and O–H groups in total. The van der Waals surface area contributed by atoms with E-state index in [9.17, 15) is 4.79 Å². The Kier molecular flexibility index (Phi) is 4.89. The number of carboxylic acid groups (broad SMARTS) is 1. The van der Waals surface area contributed by atoms with Crippen LogP contribution in [0.25, 0.3) is 5.69 Å². The molecule has 0 amide bonds. The highest BCUT2D eigenvalue weighted by atomic mass is 79.9. The van der Waals surface area contributed by atoms with Crippen LogP contribution in [0.5, 0.6) is 0 Å². The van der Waals surface area contributed by atoms with E-state index in [1.54, 1.807) is 4.68 Å². The van der Waals surface area contributed by atoms with Gasteiger partial charge in [0.15, 0.2) is 0 Å². The van der Waals surface area contributed by atoms with Gasteiger partial charge in [-0.3, -0.25) is 4.79 Å². The van der Waals surface area contributed by atoms with Crippen LogP contribution in [0.3, 0.4) is 0 Å². The summed E-state index contributed by atoms with van der Waals surface area (Å²) in [4.78, 5) is 10.4. The molecule has 0 radical (unpaired) electrons. The standard InChI is InChI=1S/C14H16BrN3O2/c1-10-6-7-12(15)13(8-10)18-9-11(16-17-18)4-2-3-5-14(19)20/h6-9H,2-5H2,1H3,(H,19,20). The van der Waals surface area contributed by atoms with Crippen molar-refractivity contribution >= 4 is 21.9 Å². The van der Waals surface area contributed by atoms with Gasteiger partial charge >= 0.3 is 5.97 Å². The van der Waals surface area contributed by atoms with E-state index in [1.807, 2.05) is 31.3 Å². The first kappa shape index (κ1) is 14.7. The fraction of sp³-hybridized carbons (Fsp3) is 0.357. The van der Waals surface area contributed by atoms with E-state index in [2.05, 4.69) is 26.2 Å². The molecular weight excluding hydrogens is 322 g/mol. The molecule has 6 heteroatoms. The summed E-state index contributed by atoms with van der Waals surface area (Å²) < 4.78 is 2.70. The molecule has 0 aliphatic heterocycles. The Labute approximate surface area is 125 Å². The number of hydrogen-bond acceptors (Lipinski definition) is 3. The van der Waals surface area contributed by atoms with Crippen LogP contribution < -0.4 is 0 Å². The van der Waals surface area contributed by atoms with Crippen LogP contribution >= 0.6 is 15.9 Å². The summed E-state index contributed by atoms with van der Waals surface area (Å²) in [6.07, 6.45) is 4.31. The Balaban J connectivity index is 2.01. The third-order valence-electron chi connectivity index (χ3n) is 2.96. The second-order valence-corrected chi connectivity index (χ2v) is 5.56. The topological polar surface area (TPSA) is 68.0 Å². The zero-order valence-corrected chi connectivity index (χ0v) is 12.8. The molecule has 1 aromatic carbocycles. The van der Waals surface area contributed by atoms with Gasteiger partial charge < -0.3 is 5.11 Å². The molecule has 0 spiro atoms. The molecule has 0 bridgehead atoms. The zero-order chi connectivity index (χ0) is 14.5. The van der Waals surface area contributed by atoms with E-state index in [1.165, 1.54) is 0 Å². The molecule has 0 aliphatic rings. The smallest absolute Gasteiger partial charge is 0.303 e. The maximum Gasteiger partial charge on any atom is 0.303 e. The van der Waals surface area contributed by atoms with Crippen LogP contribution in [0, 0.1) is 6.92 Å². The number of carbonyl (C=O) groups is 1. The second-order valence-electron chi connectivity index (χ2n) is 4.71. The summed E-state index contributed by atoms with van der Waals surface area (Å²) in [6.45, 7) is 2.03. The number of rotatable bonds is 6. The molecule has 0 saturated heterocycles. The van der Waals surface area contributed by atoms with E-state index >= 15 is 0 Å². The Morgan fingerprint density at radius 2 is 2.20 bits per heavy atom. The summed E-state index contributed by atoms with van der Waals surface area (Å²) in [5.74, 6) is -0.752. The quantitative estimate of drug-likeness (QED) is 0.822. The molecule has 2 aromatic rings. The fourth-order valence-electron chi connectivity index (χ4n) is 1.91. The number of aliphatic carboxylic acids is 1. The summed E-state index contributed by atoms with van der Waals surface area (Å²) in [6, 6.07) is 6.04. The normalized spacial score (nSPS) is 10.7. The summed E-state index contributed by atoms with van der Waals surface area (Å²) in [7, 11) is 0. The van der Waals surface area contributed by atoms with Crippen LogP contribution in [-0.4, -0.2) is 26.1 Å². The Hall–Kier alpha value is -1.69. The monoisotopic (exact) mass is 337 g/mol. The van der Waals surface area contributed by atoms with Gasteiger partial charge in [0, 0.05) is 10.9 Å². The van der Waals surface area contributed by atoms with Crippen molar-refractivity contribution < 1.29 is 9.90 Å². The van der Waals surface area contributed by atoms with Crippen molar-refractivity contribution in [3.63, 3.8) is 0 Å². The fourth-order valence-corrected chi connectivity index (χ4v) is 2.34. The van der Waals surface area contributed by atoms with Gasteiger partial charge in [-0.1, -0.05) is 11.3 Å². The number of halogens is 1. The maximum atomic E-state index is 10.4. The molecule has 1 aromatic heterocycles. The first-order valence-electron chi connectivity index (χ1n) is 6.46. The molecule has 0 aliphatic carbocycles. The molecule has 0 saturated carbocycles. The molecule has 5 nitrogen and oxygen atoms in total. The number of aryl methyl sites for hydroxylation is 2. The number of unbranched alkanes of at least 4 members (excludes halogenated alkanes) is 1. The minimum Gasteiger partial charge on any atom is -0.481 e. The van der Waals surface area contributed by atoms with E-state index in [0.717, 1.165) is 34.3 Å². The second kappa shape index (κ2) is 6.65. The SMILES string of the molecule is Cc1ccc(Br)c(-n2cc(CCCCC(=O)O)nn2)c1. The van der Waals surface area contributed by atoms with Gasteiger partial charge in [0.2, 0.25) is 0 Å². The number of hydrogen-bond donors (Lipinski definition) is 1. The van der Waals surface area contributed by atoms with Gasteiger partial charge in [-0.25, -0.2) is 4.68 Å². The average Bonchev–Trinajstić information content (AvgIpc) is 2.86. The number of carboxylic acids is 1. The van der Waals surface area contributed by atoms with Crippen molar-refractivity contribution in [2.75, 3.05) is 0 Å². The van der Waals surface area contributed by atoms with E-state index < -0.39 is 5.97 Å². The largest absolute Gasteiger partial charge is 0.481 e. The maximum absolute atomic E-state index is 10.4. The van der Waals surface area contributed by atoms with Crippen molar-refractivity contribution in [3.05, 3.63) is 40.1 Å². The van der Waals surface area contributed by atoms with Crippen LogP contribution in [0.15, 0.2) is 28.9 Å². The lowest BCUT2D eigenvalue weighted by molar-refractivity contribution is -0.137. The van der Waals surface area contributed by atoms with Crippen molar-refractivity contribution in [1.29, 1.82) is 0 Å². The first-order chi connectivity index (χ1) is 9.56. The van der Waals surface area contributed by atoms with E-state index in [-0.39, 0.29) is 6.42 Å². The molecular formula is C14H16BrN3O2. The predicted molar refractivity (Wildman–Crippen MR) is 79.0 cm³/mol. The van der Waals surface area contributed by atoms with E-state index in [4.69, 9.17) is 5.11 Å². The van der Waals surface area contributed by atoms with Gasteiger partial charge in [0.1, 0.15) is 0 Å². The lowest BCUT2D eigenvalue weighted by Gasteiger charge is -2.04. The highest BCUT2D eigenvalue weighted by Gasteiger charge is 2.07. The van der Waals surface area contributed by atoms with Crippen molar-refractivity contribution in [2.24, 2.45) is 0 Å². The van der Waals surface area contributed by atoms with Crippen molar-refractivity contribution in [2.45, 2.75) is 32.6 Å². The molecule has 2 rings (SSSR count). The highest BCUT2D eigenvalue weighted by Crippen LogP contribution is 2.21. The molecule has 0 unspecified atom stereocenters. The van der Waals surface area contributed by atoms with Gasteiger partial charge in [-0.15, -0.1) is 5.10 Å². The third kappa shape index (κ3) is 3.90. The number of aromatic nitrogens is 3. The molecule has 0 atom stereocenters. The first-order valence-corrected chi connectivity index (χ1v) is 7.25. The van der Waals surface area contributed by atoms with Gasteiger partial charge in [-0.05, 0) is 59.8 Å². The zero-order valence-electron chi connectivity index (χ0n) is 11.2. The Morgan fingerprint density at radius 3 is 2.95 bits per heavy atom. The molecule has 1 heterocycles. The van der Waals surface area contributed by atoms with Gasteiger partial charge in [-0.2, -0.15) is 0 Å². The Bertz CT molecular complexity index is 610. The molecule has 106 valence electrons. The van der Waals surface area contributed by atoms with Crippen molar-refractivity contribution in [1.82, 2.24) is 15.0 Å². The lowest BCUT2D eigenvalue weighted by atomic mass is 10.1. The van der Waals surface area contributed by atoms with Crippen LogP contribution in [0.1, 0.15) is 30.5 Å². The summed E-state index contributed by atoms with van der Waals surface area (Å²) in [5, 5.41) is 16.8. The lowest BCUT2D eigenvalue weighted by Crippen LogP contribution is -1.96. The van der Waals surface area contributed by atoms with Gasteiger partial charge in [0.05, 0.1) is 17.6 Å². The van der Waals surface area contributed by atoms with Crippen LogP contribution in [0.2, 0.25) is 0 Å². The van der Waals surface area contributed by atoms with Crippen LogP contribution in [0.4, 0.5) is 0 Å². The van der Waals surface area contributed by atoms with Gasteiger partial charge in [0.25, 0.3) is 0 Å². The average molecular weight is 338 g/mol. The van der Waals surface area contributed by atoms with Crippen molar-refractivity contribution in [3.8, 4) is 5.69 Å². The minimum atomic E-state index is -0.752. The Morgan fingerprint density at radius 1 is 1.40 bits per heavy atom. The number of nitrogens with zero attached hydrogens (tertiary/aromatic N) is 3.